The first-order chi connectivity index (χ1) is 12.8. The van der Waals surface area contributed by atoms with E-state index in [-0.39, 0.29) is 24.5 Å². The van der Waals surface area contributed by atoms with Gasteiger partial charge in [-0.15, -0.1) is 0 Å². The lowest BCUT2D eigenvalue weighted by Gasteiger charge is -2.10. The zero-order valence-electron chi connectivity index (χ0n) is 15.2. The average molecular weight is 367 g/mol. The van der Waals surface area contributed by atoms with Crippen LogP contribution in [0.1, 0.15) is 36.1 Å². The first-order valence-corrected chi connectivity index (χ1v) is 8.68. The number of aliphatic hydroxyl groups is 1. The molecule has 0 fully saturated rings. The molecule has 3 N–H and O–H groups in total. The second-order valence-electron chi connectivity index (χ2n) is 6.52. The third kappa shape index (κ3) is 4.17. The zero-order valence-corrected chi connectivity index (χ0v) is 15.2. The Bertz CT molecular complexity index is 1050. The van der Waals surface area contributed by atoms with Crippen molar-refractivity contribution in [1.29, 1.82) is 0 Å². The topological polar surface area (TPSA) is 99.8 Å². The minimum absolute atomic E-state index is 0.0246. The molecular weight excluding hydrogens is 346 g/mol. The van der Waals surface area contributed by atoms with Crippen LogP contribution in [-0.2, 0) is 11.2 Å². The van der Waals surface area contributed by atoms with Gasteiger partial charge in [0.15, 0.2) is 0 Å². The molecule has 0 saturated heterocycles. The Hall–Kier alpha value is -3.12. The van der Waals surface area contributed by atoms with Gasteiger partial charge in [0.25, 0.3) is 0 Å². The molecule has 3 aromatic rings. The van der Waals surface area contributed by atoms with Crippen molar-refractivity contribution < 1.29 is 19.4 Å². The number of carbonyl (C=O) groups is 1. The lowest BCUT2D eigenvalue weighted by molar-refractivity contribution is -0.116. The van der Waals surface area contributed by atoms with E-state index in [4.69, 9.17) is 4.42 Å². The number of amides is 1. The molecule has 1 aromatic heterocycles. The second-order valence-corrected chi connectivity index (χ2v) is 6.52. The van der Waals surface area contributed by atoms with E-state index in [0.29, 0.717) is 22.4 Å². The molecule has 140 valence electrons. The highest BCUT2D eigenvalue weighted by Gasteiger charge is 2.14. The van der Waals surface area contributed by atoms with Gasteiger partial charge in [-0.3, -0.25) is 4.79 Å². The van der Waals surface area contributed by atoms with Crippen molar-refractivity contribution in [1.82, 2.24) is 0 Å². The van der Waals surface area contributed by atoms with Crippen molar-refractivity contribution in [3.8, 4) is 5.75 Å². The highest BCUT2D eigenvalue weighted by Crippen LogP contribution is 2.24. The van der Waals surface area contributed by atoms with Gasteiger partial charge < -0.3 is 19.9 Å². The molecule has 0 spiro atoms. The van der Waals surface area contributed by atoms with Crippen molar-refractivity contribution >= 4 is 22.6 Å². The Labute approximate surface area is 156 Å². The normalized spacial score (nSPS) is 12.1. The predicted octanol–water partition coefficient (Wildman–Crippen LogP) is 3.43. The van der Waals surface area contributed by atoms with E-state index >= 15 is 0 Å². The molecule has 1 atom stereocenters. The number of carbonyl (C=O) groups excluding carboxylic acids is 1. The minimum atomic E-state index is -0.619. The molecule has 0 aliphatic carbocycles. The monoisotopic (exact) mass is 367 g/mol. The van der Waals surface area contributed by atoms with Crippen LogP contribution in [0.25, 0.3) is 11.0 Å². The number of hydrogen-bond acceptors (Lipinski definition) is 5. The van der Waals surface area contributed by atoms with Crippen molar-refractivity contribution in [2.24, 2.45) is 0 Å². The molecule has 0 saturated carbocycles. The summed E-state index contributed by atoms with van der Waals surface area (Å²) in [4.78, 5) is 24.5. The number of aliphatic hydroxyl groups excluding tert-OH is 1. The highest BCUT2D eigenvalue weighted by molar-refractivity contribution is 5.91. The van der Waals surface area contributed by atoms with E-state index in [0.717, 1.165) is 10.9 Å². The Kier molecular flexibility index (Phi) is 5.28. The fraction of sp³-hybridized carbons (Fsp3) is 0.238. The largest absolute Gasteiger partial charge is 0.508 e. The van der Waals surface area contributed by atoms with Crippen LogP contribution in [0, 0.1) is 6.92 Å². The van der Waals surface area contributed by atoms with Crippen LogP contribution in [0.4, 0.5) is 5.69 Å². The van der Waals surface area contributed by atoms with E-state index in [1.807, 2.05) is 0 Å². The molecule has 0 bridgehead atoms. The van der Waals surface area contributed by atoms with Crippen LogP contribution in [0.15, 0.2) is 51.7 Å². The van der Waals surface area contributed by atoms with Crippen LogP contribution >= 0.6 is 0 Å². The standard InChI is InChI=1S/C21H21NO5/c1-12-17-7-6-16(24)11-19(17)27-21(26)18(12)8-9-20(25)22-15-5-3-4-14(10-15)13(2)23/h3-7,10-11,13,23-24H,8-9H2,1-2H3,(H,22,25)/t13-/m1/s1. The van der Waals surface area contributed by atoms with Gasteiger partial charge in [-0.2, -0.15) is 0 Å². The molecule has 1 heterocycles. The molecule has 1 amide bonds. The Morgan fingerprint density at radius 1 is 1.22 bits per heavy atom. The van der Waals surface area contributed by atoms with Crippen LogP contribution in [0.5, 0.6) is 5.75 Å². The first-order valence-electron chi connectivity index (χ1n) is 8.68. The summed E-state index contributed by atoms with van der Waals surface area (Å²) in [6.07, 6.45) is -0.257. The van der Waals surface area contributed by atoms with E-state index in [1.54, 1.807) is 44.2 Å². The molecule has 6 heteroatoms. The molecule has 6 nitrogen and oxygen atoms in total. The summed E-state index contributed by atoms with van der Waals surface area (Å²) in [5.74, 6) is -0.209. The predicted molar refractivity (Wildman–Crippen MR) is 103 cm³/mol. The van der Waals surface area contributed by atoms with Crippen molar-refractivity contribution in [3.05, 3.63) is 69.6 Å². The smallest absolute Gasteiger partial charge is 0.339 e. The van der Waals surface area contributed by atoms with E-state index in [9.17, 15) is 19.8 Å². The summed E-state index contributed by atoms with van der Waals surface area (Å²) in [5.41, 5.74) is 2.31. The Morgan fingerprint density at radius 2 is 2.00 bits per heavy atom. The second kappa shape index (κ2) is 7.63. The molecule has 0 radical (unpaired) electrons. The molecule has 0 aliphatic heterocycles. The number of anilines is 1. The molecule has 3 rings (SSSR count). The minimum Gasteiger partial charge on any atom is -0.508 e. The van der Waals surface area contributed by atoms with Crippen molar-refractivity contribution in [3.63, 3.8) is 0 Å². The maximum atomic E-state index is 12.3. The quantitative estimate of drug-likeness (QED) is 0.600. The van der Waals surface area contributed by atoms with E-state index < -0.39 is 11.7 Å². The summed E-state index contributed by atoms with van der Waals surface area (Å²) < 4.78 is 5.27. The fourth-order valence-corrected chi connectivity index (χ4v) is 3.01. The van der Waals surface area contributed by atoms with Crippen LogP contribution < -0.4 is 10.9 Å². The number of aryl methyl sites for hydroxylation is 1. The van der Waals surface area contributed by atoms with E-state index in [1.165, 1.54) is 12.1 Å². The molecule has 27 heavy (non-hydrogen) atoms. The number of phenols is 1. The lowest BCUT2D eigenvalue weighted by Crippen LogP contribution is -2.16. The van der Waals surface area contributed by atoms with Crippen molar-refractivity contribution in [2.75, 3.05) is 5.32 Å². The number of aromatic hydroxyl groups is 1. The zero-order chi connectivity index (χ0) is 19.6. The molecule has 2 aromatic carbocycles. The average Bonchev–Trinajstić information content (AvgIpc) is 2.61. The lowest BCUT2D eigenvalue weighted by atomic mass is 10.0. The number of phenolic OH excluding ortho intramolecular Hbond substituents is 1. The summed E-state index contributed by atoms with van der Waals surface area (Å²) in [5, 5.41) is 22.7. The summed E-state index contributed by atoms with van der Waals surface area (Å²) in [6, 6.07) is 11.6. The van der Waals surface area contributed by atoms with Gasteiger partial charge in [0.1, 0.15) is 11.3 Å². The summed E-state index contributed by atoms with van der Waals surface area (Å²) in [6.45, 7) is 3.46. The third-order valence-corrected chi connectivity index (χ3v) is 4.53. The fourth-order valence-electron chi connectivity index (χ4n) is 3.01. The maximum Gasteiger partial charge on any atom is 0.339 e. The summed E-state index contributed by atoms with van der Waals surface area (Å²) >= 11 is 0. The Balaban J connectivity index is 1.75. The van der Waals surface area contributed by atoms with Gasteiger partial charge in [0.05, 0.1) is 6.10 Å². The third-order valence-electron chi connectivity index (χ3n) is 4.53. The number of fused-ring (bicyclic) bond motifs is 1. The van der Waals surface area contributed by atoms with Crippen LogP contribution in [-0.4, -0.2) is 16.1 Å². The number of benzene rings is 2. The van der Waals surface area contributed by atoms with Crippen LogP contribution in [0.2, 0.25) is 0 Å². The van der Waals surface area contributed by atoms with Gasteiger partial charge in [0.2, 0.25) is 5.91 Å². The van der Waals surface area contributed by atoms with Gasteiger partial charge in [-0.1, -0.05) is 12.1 Å². The van der Waals surface area contributed by atoms with E-state index in [2.05, 4.69) is 5.32 Å². The van der Waals surface area contributed by atoms with Gasteiger partial charge in [-0.05, 0) is 55.7 Å². The number of hydrogen-bond donors (Lipinski definition) is 3. The molecule has 0 aliphatic rings. The first kappa shape index (κ1) is 18.7. The highest BCUT2D eigenvalue weighted by atomic mass is 16.4. The number of nitrogens with one attached hydrogen (secondary N) is 1. The Morgan fingerprint density at radius 3 is 2.74 bits per heavy atom. The van der Waals surface area contributed by atoms with Crippen LogP contribution in [0.3, 0.4) is 0 Å². The van der Waals surface area contributed by atoms with Gasteiger partial charge in [-0.25, -0.2) is 4.79 Å². The SMILES string of the molecule is Cc1c(CCC(=O)Nc2cccc([C@@H](C)O)c2)c(=O)oc2cc(O)ccc12. The summed E-state index contributed by atoms with van der Waals surface area (Å²) in [7, 11) is 0. The molecular formula is C21H21NO5. The molecule has 0 unspecified atom stereocenters. The number of rotatable bonds is 5. The van der Waals surface area contributed by atoms with Crippen molar-refractivity contribution in [2.45, 2.75) is 32.8 Å². The van der Waals surface area contributed by atoms with Gasteiger partial charge in [0, 0.05) is 29.1 Å². The van der Waals surface area contributed by atoms with Gasteiger partial charge >= 0.3 is 5.63 Å². The maximum absolute atomic E-state index is 12.3.